The van der Waals surface area contributed by atoms with Gasteiger partial charge in [-0.1, -0.05) is 12.1 Å². The molecule has 0 aliphatic heterocycles. The molecule has 1 aromatic heterocycles. The van der Waals surface area contributed by atoms with Gasteiger partial charge in [0.25, 0.3) is 0 Å². The second kappa shape index (κ2) is 5.53. The second-order valence-electron chi connectivity index (χ2n) is 4.48. The van der Waals surface area contributed by atoms with Gasteiger partial charge in [0.2, 0.25) is 0 Å². The highest BCUT2D eigenvalue weighted by Crippen LogP contribution is 2.16. The second-order valence-corrected chi connectivity index (χ2v) is 4.48. The number of hydrogen-bond acceptors (Lipinski definition) is 4. The van der Waals surface area contributed by atoms with Crippen LogP contribution >= 0.6 is 0 Å². The number of rotatable bonds is 4. The average molecular weight is 257 g/mol. The lowest BCUT2D eigenvalue weighted by Crippen LogP contribution is -2.18. The summed E-state index contributed by atoms with van der Waals surface area (Å²) in [6.45, 7) is 3.69. The van der Waals surface area contributed by atoms with E-state index in [1.807, 2.05) is 24.3 Å². The van der Waals surface area contributed by atoms with Gasteiger partial charge < -0.3 is 9.30 Å². The number of hydrogen-bond donors (Lipinski definition) is 0. The van der Waals surface area contributed by atoms with Crippen LogP contribution in [0, 0.1) is 11.3 Å². The van der Waals surface area contributed by atoms with Crippen molar-refractivity contribution in [1.29, 1.82) is 5.26 Å². The summed E-state index contributed by atoms with van der Waals surface area (Å²) in [4.78, 5) is 16.1. The van der Waals surface area contributed by atoms with E-state index in [2.05, 4.69) is 11.1 Å². The van der Waals surface area contributed by atoms with Crippen molar-refractivity contribution in [3.8, 4) is 6.07 Å². The van der Waals surface area contributed by atoms with Gasteiger partial charge in [0.05, 0.1) is 29.6 Å². The zero-order valence-electron chi connectivity index (χ0n) is 11.0. The third kappa shape index (κ3) is 2.91. The lowest BCUT2D eigenvalue weighted by atomic mass is 10.3. The van der Waals surface area contributed by atoms with Gasteiger partial charge in [-0.25, -0.2) is 4.98 Å². The Labute approximate surface area is 111 Å². The van der Waals surface area contributed by atoms with Crippen LogP contribution in [0.15, 0.2) is 24.3 Å². The highest BCUT2D eigenvalue weighted by atomic mass is 16.5. The molecule has 0 bridgehead atoms. The predicted molar refractivity (Wildman–Crippen MR) is 70.3 cm³/mol. The van der Waals surface area contributed by atoms with Crippen molar-refractivity contribution in [1.82, 2.24) is 9.55 Å². The molecule has 2 aromatic rings. The molecule has 0 N–H and O–H groups in total. The molecule has 0 saturated carbocycles. The minimum Gasteiger partial charge on any atom is -0.462 e. The van der Waals surface area contributed by atoms with Crippen LogP contribution in [-0.4, -0.2) is 21.6 Å². The molecule has 0 unspecified atom stereocenters. The van der Waals surface area contributed by atoms with Gasteiger partial charge in [0, 0.05) is 0 Å². The molecule has 0 saturated heterocycles. The minimum absolute atomic E-state index is 0.0791. The lowest BCUT2D eigenvalue weighted by Gasteiger charge is -2.10. The molecular weight excluding hydrogens is 242 g/mol. The Morgan fingerprint density at radius 1 is 1.47 bits per heavy atom. The van der Waals surface area contributed by atoms with Gasteiger partial charge in [-0.05, 0) is 26.0 Å². The molecule has 19 heavy (non-hydrogen) atoms. The Morgan fingerprint density at radius 3 is 2.89 bits per heavy atom. The molecular formula is C14H15N3O2. The summed E-state index contributed by atoms with van der Waals surface area (Å²) >= 11 is 0. The van der Waals surface area contributed by atoms with Crippen LogP contribution in [0.3, 0.4) is 0 Å². The van der Waals surface area contributed by atoms with E-state index in [-0.39, 0.29) is 25.0 Å². The molecule has 1 heterocycles. The first kappa shape index (κ1) is 13.1. The van der Waals surface area contributed by atoms with E-state index in [0.29, 0.717) is 5.82 Å². The number of fused-ring (bicyclic) bond motifs is 1. The first-order chi connectivity index (χ1) is 9.11. The first-order valence-electron chi connectivity index (χ1n) is 6.12. The van der Waals surface area contributed by atoms with Crippen molar-refractivity contribution >= 4 is 17.0 Å². The van der Waals surface area contributed by atoms with Crippen LogP contribution in [0.4, 0.5) is 0 Å². The fourth-order valence-electron chi connectivity index (χ4n) is 1.94. The average Bonchev–Trinajstić information content (AvgIpc) is 2.67. The number of nitrogens with zero attached hydrogens (tertiary/aromatic N) is 3. The van der Waals surface area contributed by atoms with Crippen LogP contribution in [0.1, 0.15) is 19.7 Å². The van der Waals surface area contributed by atoms with Gasteiger partial charge in [-0.15, -0.1) is 0 Å². The molecule has 5 heteroatoms. The molecule has 0 amide bonds. The van der Waals surface area contributed by atoms with E-state index in [1.165, 1.54) is 0 Å². The summed E-state index contributed by atoms with van der Waals surface area (Å²) in [5.74, 6) is 0.266. The molecule has 0 radical (unpaired) electrons. The molecule has 0 atom stereocenters. The van der Waals surface area contributed by atoms with Crippen LogP contribution < -0.4 is 0 Å². The molecule has 0 aliphatic carbocycles. The van der Waals surface area contributed by atoms with Gasteiger partial charge in [-0.2, -0.15) is 5.26 Å². The van der Waals surface area contributed by atoms with Crippen molar-refractivity contribution < 1.29 is 9.53 Å². The van der Waals surface area contributed by atoms with Crippen molar-refractivity contribution in [2.75, 3.05) is 0 Å². The Bertz CT molecular complexity index is 638. The number of para-hydroxylation sites is 2. The predicted octanol–water partition coefficient (Wildman–Crippen LogP) is 2.05. The number of carbonyl (C=O) groups is 1. The SMILES string of the molecule is CC(C)OC(=O)Cn1c(CC#N)nc2ccccc21. The van der Waals surface area contributed by atoms with Gasteiger partial charge >= 0.3 is 5.97 Å². The number of ether oxygens (including phenoxy) is 1. The zero-order valence-corrected chi connectivity index (χ0v) is 11.0. The summed E-state index contributed by atoms with van der Waals surface area (Å²) in [7, 11) is 0. The van der Waals surface area contributed by atoms with E-state index < -0.39 is 0 Å². The van der Waals surface area contributed by atoms with E-state index in [1.54, 1.807) is 18.4 Å². The zero-order chi connectivity index (χ0) is 13.8. The number of nitriles is 1. The molecule has 0 spiro atoms. The van der Waals surface area contributed by atoms with Crippen LogP contribution in [0.5, 0.6) is 0 Å². The van der Waals surface area contributed by atoms with Crippen molar-refractivity contribution in [2.24, 2.45) is 0 Å². The normalized spacial score (nSPS) is 10.6. The largest absolute Gasteiger partial charge is 0.462 e. The topological polar surface area (TPSA) is 67.9 Å². The highest BCUT2D eigenvalue weighted by molar-refractivity contribution is 5.79. The van der Waals surface area contributed by atoms with Crippen LogP contribution in [0.25, 0.3) is 11.0 Å². The number of imidazole rings is 1. The maximum Gasteiger partial charge on any atom is 0.326 e. The minimum atomic E-state index is -0.322. The number of carbonyl (C=O) groups excluding carboxylic acids is 1. The van der Waals surface area contributed by atoms with Crippen molar-refractivity contribution in [3.05, 3.63) is 30.1 Å². The quantitative estimate of drug-likeness (QED) is 0.786. The molecule has 5 nitrogen and oxygen atoms in total. The summed E-state index contributed by atoms with van der Waals surface area (Å²) in [5, 5.41) is 8.83. The molecule has 0 aliphatic rings. The Hall–Kier alpha value is -2.35. The lowest BCUT2D eigenvalue weighted by molar-refractivity contribution is -0.148. The van der Waals surface area contributed by atoms with E-state index >= 15 is 0 Å². The molecule has 2 rings (SSSR count). The van der Waals surface area contributed by atoms with Gasteiger partial charge in [0.1, 0.15) is 12.4 Å². The summed E-state index contributed by atoms with van der Waals surface area (Å²) in [5.41, 5.74) is 1.62. The maximum atomic E-state index is 11.8. The third-order valence-corrected chi connectivity index (χ3v) is 2.63. The number of benzene rings is 1. The van der Waals surface area contributed by atoms with Gasteiger partial charge in [-0.3, -0.25) is 4.79 Å². The Kier molecular flexibility index (Phi) is 3.81. The molecule has 0 fully saturated rings. The fourth-order valence-corrected chi connectivity index (χ4v) is 1.94. The number of esters is 1. The van der Waals surface area contributed by atoms with Crippen molar-refractivity contribution in [3.63, 3.8) is 0 Å². The standard InChI is InChI=1S/C14H15N3O2/c1-10(2)19-14(18)9-17-12-6-4-3-5-11(12)16-13(17)7-8-15/h3-6,10H,7,9H2,1-2H3. The maximum absolute atomic E-state index is 11.8. The highest BCUT2D eigenvalue weighted by Gasteiger charge is 2.14. The molecule has 1 aromatic carbocycles. The monoisotopic (exact) mass is 257 g/mol. The third-order valence-electron chi connectivity index (χ3n) is 2.63. The van der Waals surface area contributed by atoms with E-state index in [4.69, 9.17) is 10.00 Å². The smallest absolute Gasteiger partial charge is 0.326 e. The molecule has 98 valence electrons. The number of aromatic nitrogens is 2. The summed E-state index contributed by atoms with van der Waals surface area (Å²) in [6.07, 6.45) is 0.0191. The first-order valence-corrected chi connectivity index (χ1v) is 6.12. The Morgan fingerprint density at radius 2 is 2.21 bits per heavy atom. The van der Waals surface area contributed by atoms with E-state index in [9.17, 15) is 4.79 Å². The van der Waals surface area contributed by atoms with Crippen molar-refractivity contribution in [2.45, 2.75) is 32.9 Å². The summed E-state index contributed by atoms with van der Waals surface area (Å²) in [6, 6.07) is 9.56. The fraction of sp³-hybridized carbons (Fsp3) is 0.357. The van der Waals surface area contributed by atoms with Crippen LogP contribution in [0.2, 0.25) is 0 Å². The van der Waals surface area contributed by atoms with Gasteiger partial charge in [0.15, 0.2) is 0 Å². The van der Waals surface area contributed by atoms with Crippen LogP contribution in [-0.2, 0) is 22.5 Å². The Balaban J connectivity index is 2.36. The van der Waals surface area contributed by atoms with E-state index in [0.717, 1.165) is 11.0 Å². The summed E-state index contributed by atoms with van der Waals surface area (Å²) < 4.78 is 6.87.